The summed E-state index contributed by atoms with van der Waals surface area (Å²) in [7, 11) is 2.00. The second kappa shape index (κ2) is 9.14. The standard InChI is InChI=1S/C14H24N2O/c1-3-4-10-17-11-8-13(15-2)12-14-7-5-6-9-16-14/h5-7,9,13,15H,3-4,8,10-12H2,1-2H3. The molecular weight excluding hydrogens is 212 g/mol. The summed E-state index contributed by atoms with van der Waals surface area (Å²) in [4.78, 5) is 4.34. The Balaban J connectivity index is 2.20. The van der Waals surface area contributed by atoms with Gasteiger partial charge in [0, 0.05) is 37.6 Å². The molecule has 1 heterocycles. The van der Waals surface area contributed by atoms with Gasteiger partial charge in [-0.1, -0.05) is 19.4 Å². The lowest BCUT2D eigenvalue weighted by atomic mass is 10.1. The fraction of sp³-hybridized carbons (Fsp3) is 0.643. The largest absolute Gasteiger partial charge is 0.381 e. The molecule has 0 radical (unpaired) electrons. The van der Waals surface area contributed by atoms with Crippen molar-refractivity contribution in [2.24, 2.45) is 0 Å². The summed E-state index contributed by atoms with van der Waals surface area (Å²) >= 11 is 0. The summed E-state index contributed by atoms with van der Waals surface area (Å²) in [6.07, 6.45) is 6.21. The quantitative estimate of drug-likeness (QED) is 0.669. The van der Waals surface area contributed by atoms with E-state index in [1.807, 2.05) is 25.4 Å². The molecule has 0 spiro atoms. The van der Waals surface area contributed by atoms with Gasteiger partial charge in [-0.2, -0.15) is 0 Å². The minimum absolute atomic E-state index is 0.450. The van der Waals surface area contributed by atoms with Gasteiger partial charge in [-0.05, 0) is 32.0 Å². The van der Waals surface area contributed by atoms with Crippen LogP contribution in [0.25, 0.3) is 0 Å². The summed E-state index contributed by atoms with van der Waals surface area (Å²) in [5.74, 6) is 0. The summed E-state index contributed by atoms with van der Waals surface area (Å²) in [5.41, 5.74) is 1.14. The smallest absolute Gasteiger partial charge is 0.0480 e. The van der Waals surface area contributed by atoms with Crippen molar-refractivity contribution >= 4 is 0 Å². The molecule has 1 aromatic heterocycles. The van der Waals surface area contributed by atoms with Crippen molar-refractivity contribution in [2.75, 3.05) is 20.3 Å². The second-order valence-corrected chi connectivity index (χ2v) is 4.27. The van der Waals surface area contributed by atoms with Gasteiger partial charge in [0.1, 0.15) is 0 Å². The molecule has 0 bridgehead atoms. The van der Waals surface area contributed by atoms with Crippen LogP contribution in [0.4, 0.5) is 0 Å². The molecule has 0 fully saturated rings. The zero-order valence-electron chi connectivity index (χ0n) is 11.0. The Labute approximate surface area is 105 Å². The summed E-state index contributed by atoms with van der Waals surface area (Å²) < 4.78 is 5.58. The SMILES string of the molecule is CCCCOCCC(Cc1ccccn1)NC. The predicted octanol–water partition coefficient (Wildman–Crippen LogP) is 2.42. The number of hydrogen-bond acceptors (Lipinski definition) is 3. The van der Waals surface area contributed by atoms with E-state index < -0.39 is 0 Å². The highest BCUT2D eigenvalue weighted by atomic mass is 16.5. The summed E-state index contributed by atoms with van der Waals surface area (Å²) in [6, 6.07) is 6.51. The Morgan fingerprint density at radius 1 is 1.35 bits per heavy atom. The molecular formula is C14H24N2O. The van der Waals surface area contributed by atoms with Crippen LogP contribution in [0.5, 0.6) is 0 Å². The number of nitrogens with zero attached hydrogens (tertiary/aromatic N) is 1. The van der Waals surface area contributed by atoms with E-state index in [2.05, 4.69) is 23.3 Å². The van der Waals surface area contributed by atoms with Crippen molar-refractivity contribution in [1.29, 1.82) is 0 Å². The topological polar surface area (TPSA) is 34.1 Å². The molecule has 1 N–H and O–H groups in total. The van der Waals surface area contributed by atoms with Crippen molar-refractivity contribution in [1.82, 2.24) is 10.3 Å². The van der Waals surface area contributed by atoms with Gasteiger partial charge in [0.15, 0.2) is 0 Å². The lowest BCUT2D eigenvalue weighted by molar-refractivity contribution is 0.122. The van der Waals surface area contributed by atoms with Crippen LogP contribution in [0.2, 0.25) is 0 Å². The van der Waals surface area contributed by atoms with Gasteiger partial charge < -0.3 is 10.1 Å². The summed E-state index contributed by atoms with van der Waals surface area (Å²) in [6.45, 7) is 3.90. The zero-order chi connectivity index (χ0) is 12.3. The number of aromatic nitrogens is 1. The highest BCUT2D eigenvalue weighted by molar-refractivity contribution is 5.05. The number of ether oxygens (including phenoxy) is 1. The number of rotatable bonds is 9. The highest BCUT2D eigenvalue weighted by Crippen LogP contribution is 2.03. The third-order valence-corrected chi connectivity index (χ3v) is 2.84. The van der Waals surface area contributed by atoms with E-state index in [0.717, 1.165) is 38.2 Å². The maximum atomic E-state index is 5.58. The molecule has 3 heteroatoms. The maximum Gasteiger partial charge on any atom is 0.0480 e. The van der Waals surface area contributed by atoms with Crippen LogP contribution in [0.15, 0.2) is 24.4 Å². The van der Waals surface area contributed by atoms with Crippen molar-refractivity contribution in [3.05, 3.63) is 30.1 Å². The Bertz CT molecular complexity index is 277. The van der Waals surface area contributed by atoms with Crippen molar-refractivity contribution in [2.45, 2.75) is 38.6 Å². The monoisotopic (exact) mass is 236 g/mol. The van der Waals surface area contributed by atoms with E-state index in [9.17, 15) is 0 Å². The van der Waals surface area contributed by atoms with Crippen LogP contribution in [0.1, 0.15) is 31.9 Å². The van der Waals surface area contributed by atoms with Gasteiger partial charge >= 0.3 is 0 Å². The molecule has 96 valence electrons. The fourth-order valence-electron chi connectivity index (χ4n) is 1.69. The van der Waals surface area contributed by atoms with Crippen LogP contribution >= 0.6 is 0 Å². The molecule has 1 aromatic rings. The molecule has 0 aliphatic rings. The Morgan fingerprint density at radius 2 is 2.24 bits per heavy atom. The first kappa shape index (κ1) is 14.1. The van der Waals surface area contributed by atoms with Crippen LogP contribution in [0.3, 0.4) is 0 Å². The minimum atomic E-state index is 0.450. The van der Waals surface area contributed by atoms with Gasteiger partial charge in [-0.15, -0.1) is 0 Å². The Kier molecular flexibility index (Phi) is 7.60. The molecule has 0 aliphatic carbocycles. The van der Waals surface area contributed by atoms with E-state index in [0.29, 0.717) is 6.04 Å². The molecule has 1 unspecified atom stereocenters. The first-order valence-corrected chi connectivity index (χ1v) is 6.51. The number of hydrogen-bond donors (Lipinski definition) is 1. The van der Waals surface area contributed by atoms with E-state index >= 15 is 0 Å². The Morgan fingerprint density at radius 3 is 2.88 bits per heavy atom. The zero-order valence-corrected chi connectivity index (χ0v) is 11.0. The molecule has 0 saturated carbocycles. The molecule has 1 atom stereocenters. The molecule has 17 heavy (non-hydrogen) atoms. The number of unbranched alkanes of at least 4 members (excludes halogenated alkanes) is 1. The van der Waals surface area contributed by atoms with Crippen LogP contribution in [-0.4, -0.2) is 31.3 Å². The third kappa shape index (κ3) is 6.39. The average Bonchev–Trinajstić information content (AvgIpc) is 2.38. The van der Waals surface area contributed by atoms with Gasteiger partial charge in [-0.25, -0.2) is 0 Å². The predicted molar refractivity (Wildman–Crippen MR) is 71.1 cm³/mol. The van der Waals surface area contributed by atoms with Crippen molar-refractivity contribution in [3.8, 4) is 0 Å². The third-order valence-electron chi connectivity index (χ3n) is 2.84. The lowest BCUT2D eigenvalue weighted by Gasteiger charge is -2.15. The highest BCUT2D eigenvalue weighted by Gasteiger charge is 2.07. The second-order valence-electron chi connectivity index (χ2n) is 4.27. The Hall–Kier alpha value is -0.930. The lowest BCUT2D eigenvalue weighted by Crippen LogP contribution is -2.29. The average molecular weight is 236 g/mol. The molecule has 3 nitrogen and oxygen atoms in total. The molecule has 0 aromatic carbocycles. The van der Waals surface area contributed by atoms with E-state index in [1.165, 1.54) is 6.42 Å². The number of likely N-dealkylation sites (N-methyl/N-ethyl adjacent to an activating group) is 1. The first-order valence-electron chi connectivity index (χ1n) is 6.51. The van der Waals surface area contributed by atoms with Gasteiger partial charge in [0.25, 0.3) is 0 Å². The minimum Gasteiger partial charge on any atom is -0.381 e. The normalized spacial score (nSPS) is 12.6. The van der Waals surface area contributed by atoms with Crippen molar-refractivity contribution in [3.63, 3.8) is 0 Å². The number of nitrogens with one attached hydrogen (secondary N) is 1. The maximum absolute atomic E-state index is 5.58. The summed E-state index contributed by atoms with van der Waals surface area (Å²) in [5, 5.41) is 3.32. The number of pyridine rings is 1. The van der Waals surface area contributed by atoms with Crippen molar-refractivity contribution < 1.29 is 4.74 Å². The fourth-order valence-corrected chi connectivity index (χ4v) is 1.69. The molecule has 1 rings (SSSR count). The van der Waals surface area contributed by atoms with Crippen LogP contribution in [0, 0.1) is 0 Å². The van der Waals surface area contributed by atoms with Crippen LogP contribution < -0.4 is 5.32 Å². The van der Waals surface area contributed by atoms with Crippen LogP contribution in [-0.2, 0) is 11.2 Å². The van der Waals surface area contributed by atoms with Gasteiger partial charge in [-0.3, -0.25) is 4.98 Å². The van der Waals surface area contributed by atoms with Gasteiger partial charge in [0.2, 0.25) is 0 Å². The first-order chi connectivity index (χ1) is 8.36. The molecule has 0 amide bonds. The molecule has 0 aliphatic heterocycles. The van der Waals surface area contributed by atoms with E-state index in [1.54, 1.807) is 0 Å². The van der Waals surface area contributed by atoms with E-state index in [-0.39, 0.29) is 0 Å². The van der Waals surface area contributed by atoms with Gasteiger partial charge in [0.05, 0.1) is 0 Å². The van der Waals surface area contributed by atoms with E-state index in [4.69, 9.17) is 4.74 Å². The molecule has 0 saturated heterocycles.